The average Bonchev–Trinajstić information content (AvgIpc) is 3.27. The van der Waals surface area contributed by atoms with Crippen LogP contribution >= 0.6 is 0 Å². The summed E-state index contributed by atoms with van der Waals surface area (Å²) in [5, 5.41) is 20.5. The van der Waals surface area contributed by atoms with Crippen molar-refractivity contribution in [2.45, 2.75) is 13.5 Å². The minimum Gasteiger partial charge on any atom is -0.378 e. The van der Waals surface area contributed by atoms with Gasteiger partial charge in [-0.2, -0.15) is 19.1 Å². The molecule has 0 saturated carbocycles. The highest BCUT2D eigenvalue weighted by Gasteiger charge is 2.28. The zero-order chi connectivity index (χ0) is 19.1. The lowest BCUT2D eigenvalue weighted by atomic mass is 10.0. The highest BCUT2D eigenvalue weighted by atomic mass is 16.5. The number of rotatable bonds is 6. The van der Waals surface area contributed by atoms with Crippen LogP contribution in [0.5, 0.6) is 0 Å². The van der Waals surface area contributed by atoms with Crippen LogP contribution in [0.4, 0.5) is 11.6 Å². The van der Waals surface area contributed by atoms with Crippen molar-refractivity contribution in [1.29, 1.82) is 0 Å². The summed E-state index contributed by atoms with van der Waals surface area (Å²) in [6, 6.07) is 5.89. The van der Waals surface area contributed by atoms with Crippen molar-refractivity contribution in [2.75, 3.05) is 37.0 Å². The number of nitrogens with zero attached hydrogens (tertiary/aromatic N) is 9. The highest BCUT2D eigenvalue weighted by Crippen LogP contribution is 2.23. The predicted octanol–water partition coefficient (Wildman–Crippen LogP) is 0.565. The van der Waals surface area contributed by atoms with Crippen molar-refractivity contribution in [1.82, 2.24) is 39.4 Å². The lowest BCUT2D eigenvalue weighted by Gasteiger charge is -2.40. The largest absolute Gasteiger partial charge is 0.378 e. The van der Waals surface area contributed by atoms with E-state index in [0.717, 1.165) is 48.4 Å². The summed E-state index contributed by atoms with van der Waals surface area (Å²) in [6.45, 7) is 5.03. The fraction of sp³-hybridized carbons (Fsp3) is 0.412. The first-order chi connectivity index (χ1) is 13.7. The van der Waals surface area contributed by atoms with Crippen LogP contribution in [0.15, 0.2) is 24.5 Å². The summed E-state index contributed by atoms with van der Waals surface area (Å²) in [4.78, 5) is 10.8. The van der Waals surface area contributed by atoms with E-state index in [4.69, 9.17) is 4.74 Å². The molecule has 0 radical (unpaired) electrons. The summed E-state index contributed by atoms with van der Waals surface area (Å²) in [7, 11) is 1.65. The van der Waals surface area contributed by atoms with Gasteiger partial charge >= 0.3 is 0 Å². The van der Waals surface area contributed by atoms with Crippen molar-refractivity contribution in [3.63, 3.8) is 0 Å². The van der Waals surface area contributed by atoms with Crippen LogP contribution in [0.2, 0.25) is 0 Å². The van der Waals surface area contributed by atoms with Crippen LogP contribution in [0, 0.1) is 12.8 Å². The molecule has 1 aliphatic heterocycles. The minimum atomic E-state index is 0.436. The third-order valence-corrected chi connectivity index (χ3v) is 4.85. The monoisotopic (exact) mass is 380 g/mol. The molecule has 28 heavy (non-hydrogen) atoms. The number of ether oxygens (including phenoxy) is 1. The van der Waals surface area contributed by atoms with Gasteiger partial charge in [0.15, 0.2) is 11.5 Å². The molecule has 0 atom stereocenters. The van der Waals surface area contributed by atoms with Gasteiger partial charge in [-0.3, -0.25) is 0 Å². The summed E-state index contributed by atoms with van der Waals surface area (Å²) in [6.07, 6.45) is 1.50. The van der Waals surface area contributed by atoms with E-state index in [1.807, 2.05) is 25.1 Å². The number of fused-ring (bicyclic) bond motifs is 2. The normalized spacial score (nSPS) is 14.7. The Kier molecular flexibility index (Phi) is 4.01. The van der Waals surface area contributed by atoms with Crippen LogP contribution in [0.3, 0.4) is 0 Å². The Bertz CT molecular complexity index is 1130. The van der Waals surface area contributed by atoms with E-state index in [9.17, 15) is 0 Å². The molecule has 0 amide bonds. The molecule has 1 N–H and O–H groups in total. The van der Waals surface area contributed by atoms with Gasteiger partial charge in [0, 0.05) is 38.7 Å². The quantitative estimate of drug-likeness (QED) is 0.513. The zero-order valence-electron chi connectivity index (χ0n) is 15.6. The van der Waals surface area contributed by atoms with Gasteiger partial charge in [-0.15, -0.1) is 15.3 Å². The first-order valence-corrected chi connectivity index (χ1v) is 9.08. The number of nitrogens with one attached hydrogen (secondary N) is 1. The van der Waals surface area contributed by atoms with Gasteiger partial charge in [0.1, 0.15) is 18.0 Å². The summed E-state index contributed by atoms with van der Waals surface area (Å²) < 4.78 is 8.67. The maximum Gasteiger partial charge on any atom is 0.254 e. The number of aryl methyl sites for hydroxylation is 1. The first-order valence-electron chi connectivity index (χ1n) is 9.08. The zero-order valence-corrected chi connectivity index (χ0v) is 15.6. The fourth-order valence-corrected chi connectivity index (χ4v) is 3.40. The molecular formula is C17H20N10O. The molecule has 144 valence electrons. The minimum absolute atomic E-state index is 0.436. The van der Waals surface area contributed by atoms with Crippen LogP contribution in [0.25, 0.3) is 11.4 Å². The molecule has 1 fully saturated rings. The van der Waals surface area contributed by atoms with Gasteiger partial charge < -0.3 is 15.0 Å². The Morgan fingerprint density at radius 1 is 1.21 bits per heavy atom. The Morgan fingerprint density at radius 2 is 2.11 bits per heavy atom. The van der Waals surface area contributed by atoms with Gasteiger partial charge in [-0.1, -0.05) is 0 Å². The van der Waals surface area contributed by atoms with Crippen LogP contribution < -0.4 is 10.2 Å². The first kappa shape index (κ1) is 16.8. The van der Waals surface area contributed by atoms with E-state index < -0.39 is 0 Å². The van der Waals surface area contributed by atoms with Crippen molar-refractivity contribution < 1.29 is 4.74 Å². The summed E-state index contributed by atoms with van der Waals surface area (Å²) in [5.74, 6) is 3.67. The van der Waals surface area contributed by atoms with Gasteiger partial charge in [-0.25, -0.2) is 4.98 Å². The molecule has 11 nitrogen and oxygen atoms in total. The Labute approximate surface area is 160 Å². The van der Waals surface area contributed by atoms with E-state index in [1.165, 1.54) is 6.33 Å². The number of anilines is 2. The summed E-state index contributed by atoms with van der Waals surface area (Å²) in [5.41, 5.74) is 1.59. The second kappa shape index (κ2) is 6.68. The Hall–Kier alpha value is -3.34. The van der Waals surface area contributed by atoms with Crippen molar-refractivity contribution in [3.8, 4) is 0 Å². The number of hydrogen-bond donors (Lipinski definition) is 1. The van der Waals surface area contributed by atoms with E-state index in [2.05, 4.69) is 40.6 Å². The van der Waals surface area contributed by atoms with E-state index in [0.29, 0.717) is 18.3 Å². The number of aromatic nitrogens is 8. The van der Waals surface area contributed by atoms with E-state index in [1.54, 1.807) is 16.1 Å². The smallest absolute Gasteiger partial charge is 0.254 e. The molecule has 0 bridgehead atoms. The standard InChI is InChI=1S/C17H20N10O/c1-11-22-23-14-3-4-15(24-26(11)14)25-7-12(8-25)6-18-16-5-13(9-28-2)21-17-19-10-20-27(16)17/h3-5,10,12,18H,6-9H2,1-2H3. The topological polar surface area (TPSA) is 111 Å². The number of hydrogen-bond acceptors (Lipinski definition) is 9. The third kappa shape index (κ3) is 2.89. The summed E-state index contributed by atoms with van der Waals surface area (Å²) >= 11 is 0. The molecule has 5 heterocycles. The molecule has 11 heteroatoms. The molecular weight excluding hydrogens is 360 g/mol. The molecule has 4 aromatic heterocycles. The van der Waals surface area contributed by atoms with Crippen molar-refractivity contribution in [2.24, 2.45) is 5.92 Å². The predicted molar refractivity (Wildman–Crippen MR) is 101 cm³/mol. The Morgan fingerprint density at radius 3 is 2.96 bits per heavy atom. The molecule has 5 rings (SSSR count). The van der Waals surface area contributed by atoms with E-state index >= 15 is 0 Å². The van der Waals surface area contributed by atoms with Crippen molar-refractivity contribution >= 4 is 23.1 Å². The molecule has 0 aliphatic carbocycles. The van der Waals surface area contributed by atoms with Crippen LogP contribution in [0.1, 0.15) is 11.5 Å². The van der Waals surface area contributed by atoms with Crippen LogP contribution in [-0.4, -0.2) is 66.1 Å². The van der Waals surface area contributed by atoms with Gasteiger partial charge in [0.05, 0.1) is 12.3 Å². The molecule has 0 unspecified atom stereocenters. The molecule has 0 aromatic carbocycles. The molecule has 1 saturated heterocycles. The van der Waals surface area contributed by atoms with Gasteiger partial charge in [0.2, 0.25) is 0 Å². The molecule has 0 spiro atoms. The lowest BCUT2D eigenvalue weighted by Crippen LogP contribution is -2.50. The SMILES string of the molecule is COCc1cc(NCC2CN(c3ccc4nnc(C)n4n3)C2)n2ncnc2n1. The fourth-order valence-electron chi connectivity index (χ4n) is 3.40. The number of methoxy groups -OCH3 is 1. The molecule has 1 aliphatic rings. The second-order valence-corrected chi connectivity index (χ2v) is 6.90. The Balaban J connectivity index is 1.25. The van der Waals surface area contributed by atoms with E-state index in [-0.39, 0.29) is 0 Å². The molecule has 4 aromatic rings. The van der Waals surface area contributed by atoms with Gasteiger partial charge in [0.25, 0.3) is 5.78 Å². The maximum atomic E-state index is 5.19. The van der Waals surface area contributed by atoms with Gasteiger partial charge in [-0.05, 0) is 19.1 Å². The highest BCUT2D eigenvalue weighted by molar-refractivity contribution is 5.48. The second-order valence-electron chi connectivity index (χ2n) is 6.90. The maximum absolute atomic E-state index is 5.19. The van der Waals surface area contributed by atoms with Crippen LogP contribution in [-0.2, 0) is 11.3 Å². The lowest BCUT2D eigenvalue weighted by molar-refractivity contribution is 0.181. The third-order valence-electron chi connectivity index (χ3n) is 4.85. The van der Waals surface area contributed by atoms with Crippen molar-refractivity contribution in [3.05, 3.63) is 36.0 Å². The average molecular weight is 380 g/mol.